The van der Waals surface area contributed by atoms with Crippen molar-refractivity contribution in [3.8, 4) is 0 Å². The summed E-state index contributed by atoms with van der Waals surface area (Å²) in [7, 11) is 0. The maximum Gasteiger partial charge on any atom is 0.200 e. The number of fused-ring (bicyclic) bond motifs is 1. The van der Waals surface area contributed by atoms with Crippen molar-refractivity contribution in [2.24, 2.45) is 0 Å². The topological polar surface area (TPSA) is 67.6 Å². The van der Waals surface area contributed by atoms with Crippen LogP contribution in [0, 0.1) is 13.8 Å². The molecule has 12 heavy (non-hydrogen) atoms. The number of nitrogens with two attached hydrogens (primary N) is 1. The molecule has 2 heterocycles. The predicted molar refractivity (Wildman–Crippen MR) is 47.8 cm³/mol. The predicted octanol–water partition coefficient (Wildman–Crippen LogP) is 1.16. The van der Waals surface area contributed by atoms with Crippen molar-refractivity contribution in [1.29, 1.82) is 0 Å². The summed E-state index contributed by atoms with van der Waals surface area (Å²) in [6.45, 7) is 4.04. The van der Waals surface area contributed by atoms with Gasteiger partial charge in [0.2, 0.25) is 0 Å². The first-order valence-corrected chi connectivity index (χ1v) is 3.76. The fraction of sp³-hybridized carbons (Fsp3) is 0.250. The van der Waals surface area contributed by atoms with Crippen LogP contribution in [0.5, 0.6) is 0 Å². The number of H-pyrrole nitrogens is 1. The molecule has 2 aromatic rings. The van der Waals surface area contributed by atoms with Gasteiger partial charge in [0.25, 0.3) is 0 Å². The van der Waals surface area contributed by atoms with Crippen molar-refractivity contribution in [3.05, 3.63) is 17.3 Å². The Hall–Kier alpha value is -1.58. The molecular weight excluding hydrogens is 152 g/mol. The van der Waals surface area contributed by atoms with Crippen LogP contribution in [0.1, 0.15) is 11.1 Å². The molecule has 4 heteroatoms. The minimum absolute atomic E-state index is 0.422. The van der Waals surface area contributed by atoms with Gasteiger partial charge in [-0.25, -0.2) is 4.98 Å². The highest BCUT2D eigenvalue weighted by atomic mass is 15.1. The van der Waals surface area contributed by atoms with Crippen LogP contribution in [0.2, 0.25) is 0 Å². The van der Waals surface area contributed by atoms with Gasteiger partial charge >= 0.3 is 0 Å². The Morgan fingerprint density at radius 2 is 2.17 bits per heavy atom. The normalized spacial score (nSPS) is 10.8. The van der Waals surface area contributed by atoms with Gasteiger partial charge < -0.3 is 10.7 Å². The number of anilines is 1. The van der Waals surface area contributed by atoms with E-state index in [-0.39, 0.29) is 0 Å². The Labute approximate surface area is 69.8 Å². The number of aromatic amines is 1. The number of aromatic nitrogens is 3. The van der Waals surface area contributed by atoms with E-state index < -0.39 is 0 Å². The highest BCUT2D eigenvalue weighted by Gasteiger charge is 2.04. The summed E-state index contributed by atoms with van der Waals surface area (Å²) >= 11 is 0. The number of imidazole rings is 1. The molecule has 2 rings (SSSR count). The average molecular weight is 162 g/mol. The van der Waals surface area contributed by atoms with Gasteiger partial charge in [-0.2, -0.15) is 4.98 Å². The third-order valence-electron chi connectivity index (χ3n) is 2.05. The monoisotopic (exact) mass is 162 g/mol. The van der Waals surface area contributed by atoms with Crippen molar-refractivity contribution in [2.45, 2.75) is 13.8 Å². The summed E-state index contributed by atoms with van der Waals surface area (Å²) in [4.78, 5) is 11.1. The summed E-state index contributed by atoms with van der Waals surface area (Å²) in [5, 5.41) is 0. The lowest BCUT2D eigenvalue weighted by atomic mass is 10.2. The van der Waals surface area contributed by atoms with Crippen LogP contribution in [-0.2, 0) is 0 Å². The highest BCUT2D eigenvalue weighted by molar-refractivity contribution is 5.77. The van der Waals surface area contributed by atoms with Gasteiger partial charge in [0.15, 0.2) is 11.6 Å². The zero-order valence-electron chi connectivity index (χ0n) is 7.05. The van der Waals surface area contributed by atoms with Crippen LogP contribution in [0.25, 0.3) is 11.2 Å². The van der Waals surface area contributed by atoms with E-state index in [1.165, 1.54) is 0 Å². The van der Waals surface area contributed by atoms with Gasteiger partial charge in [-0.3, -0.25) is 0 Å². The van der Waals surface area contributed by atoms with Gasteiger partial charge in [-0.05, 0) is 25.0 Å². The Kier molecular flexibility index (Phi) is 1.30. The van der Waals surface area contributed by atoms with Crippen LogP contribution in [-0.4, -0.2) is 15.0 Å². The van der Waals surface area contributed by atoms with E-state index in [0.29, 0.717) is 11.6 Å². The van der Waals surface area contributed by atoms with E-state index in [9.17, 15) is 0 Å². The lowest BCUT2D eigenvalue weighted by Gasteiger charge is -1.97. The van der Waals surface area contributed by atoms with Crippen molar-refractivity contribution in [1.82, 2.24) is 15.0 Å². The SMILES string of the molecule is Cc1cnc2nc(N)[nH]c2c1C. The average Bonchev–Trinajstić information content (AvgIpc) is 2.39. The van der Waals surface area contributed by atoms with Gasteiger partial charge in [-0.1, -0.05) is 0 Å². The minimum atomic E-state index is 0.422. The molecule has 0 aliphatic carbocycles. The first kappa shape index (κ1) is 7.09. The summed E-state index contributed by atoms with van der Waals surface area (Å²) < 4.78 is 0. The Bertz CT molecular complexity index is 430. The van der Waals surface area contributed by atoms with Crippen LogP contribution in [0.4, 0.5) is 5.95 Å². The number of hydrogen-bond donors (Lipinski definition) is 2. The first-order chi connectivity index (χ1) is 5.68. The second kappa shape index (κ2) is 2.20. The minimum Gasteiger partial charge on any atom is -0.369 e. The molecule has 0 saturated heterocycles. The molecule has 0 aliphatic heterocycles. The zero-order valence-corrected chi connectivity index (χ0v) is 7.05. The fourth-order valence-corrected chi connectivity index (χ4v) is 1.19. The number of hydrogen-bond acceptors (Lipinski definition) is 3. The number of nitrogens with one attached hydrogen (secondary N) is 1. The molecule has 3 N–H and O–H groups in total. The number of rotatable bonds is 0. The molecular formula is C8H10N4. The summed E-state index contributed by atoms with van der Waals surface area (Å²) in [6, 6.07) is 0. The summed E-state index contributed by atoms with van der Waals surface area (Å²) in [5.41, 5.74) is 9.43. The van der Waals surface area contributed by atoms with Crippen LogP contribution < -0.4 is 5.73 Å². The van der Waals surface area contributed by atoms with E-state index in [2.05, 4.69) is 15.0 Å². The van der Waals surface area contributed by atoms with Gasteiger partial charge in [-0.15, -0.1) is 0 Å². The van der Waals surface area contributed by atoms with Crippen LogP contribution in [0.15, 0.2) is 6.20 Å². The number of aryl methyl sites for hydroxylation is 2. The summed E-state index contributed by atoms with van der Waals surface area (Å²) in [6.07, 6.45) is 1.80. The lowest BCUT2D eigenvalue weighted by Crippen LogP contribution is -1.85. The maximum atomic E-state index is 5.50. The van der Waals surface area contributed by atoms with E-state index >= 15 is 0 Å². The van der Waals surface area contributed by atoms with E-state index in [0.717, 1.165) is 16.6 Å². The second-order valence-electron chi connectivity index (χ2n) is 2.89. The molecule has 0 radical (unpaired) electrons. The van der Waals surface area contributed by atoms with Gasteiger partial charge in [0.05, 0.1) is 5.52 Å². The van der Waals surface area contributed by atoms with E-state index in [4.69, 9.17) is 5.73 Å². The molecule has 0 atom stereocenters. The number of pyridine rings is 1. The third-order valence-corrected chi connectivity index (χ3v) is 2.05. The van der Waals surface area contributed by atoms with Crippen molar-refractivity contribution < 1.29 is 0 Å². The van der Waals surface area contributed by atoms with Gasteiger partial charge in [0, 0.05) is 6.20 Å². The molecule has 62 valence electrons. The molecule has 2 aromatic heterocycles. The molecule has 0 unspecified atom stereocenters. The largest absolute Gasteiger partial charge is 0.369 e. The molecule has 0 amide bonds. The van der Waals surface area contributed by atoms with Gasteiger partial charge in [0.1, 0.15) is 0 Å². The molecule has 0 fully saturated rings. The molecule has 0 aliphatic rings. The quantitative estimate of drug-likeness (QED) is 0.610. The maximum absolute atomic E-state index is 5.50. The lowest BCUT2D eigenvalue weighted by molar-refractivity contribution is 1.25. The molecule has 0 spiro atoms. The highest BCUT2D eigenvalue weighted by Crippen LogP contribution is 2.16. The van der Waals surface area contributed by atoms with E-state index in [1.54, 1.807) is 6.20 Å². The number of nitrogens with zero attached hydrogens (tertiary/aromatic N) is 2. The van der Waals surface area contributed by atoms with E-state index in [1.807, 2.05) is 13.8 Å². The van der Waals surface area contributed by atoms with Crippen LogP contribution >= 0.6 is 0 Å². The smallest absolute Gasteiger partial charge is 0.200 e. The Balaban J connectivity index is 2.89. The zero-order chi connectivity index (χ0) is 8.72. The fourth-order valence-electron chi connectivity index (χ4n) is 1.19. The Morgan fingerprint density at radius 3 is 2.92 bits per heavy atom. The van der Waals surface area contributed by atoms with Crippen LogP contribution in [0.3, 0.4) is 0 Å². The van der Waals surface area contributed by atoms with Crippen molar-refractivity contribution in [3.63, 3.8) is 0 Å². The second-order valence-corrected chi connectivity index (χ2v) is 2.89. The standard InChI is InChI=1S/C8H10N4/c1-4-3-10-7-6(5(4)2)11-8(9)12-7/h3H,1-2H3,(H3,9,10,11,12). The summed E-state index contributed by atoms with van der Waals surface area (Å²) in [5.74, 6) is 0.422. The Morgan fingerprint density at radius 1 is 1.42 bits per heavy atom. The first-order valence-electron chi connectivity index (χ1n) is 3.76. The molecule has 0 bridgehead atoms. The molecule has 0 saturated carbocycles. The molecule has 0 aromatic carbocycles. The van der Waals surface area contributed by atoms with Crippen molar-refractivity contribution in [2.75, 3.05) is 5.73 Å². The molecule has 4 nitrogen and oxygen atoms in total. The van der Waals surface area contributed by atoms with Crippen molar-refractivity contribution >= 4 is 17.1 Å². The number of nitrogen functional groups attached to an aromatic ring is 1. The third kappa shape index (κ3) is 0.845.